The van der Waals surface area contributed by atoms with Crippen LogP contribution in [-0.4, -0.2) is 40.6 Å². The minimum absolute atomic E-state index is 0.0821. The van der Waals surface area contributed by atoms with Crippen LogP contribution in [0.25, 0.3) is 11.3 Å². The highest BCUT2D eigenvalue weighted by molar-refractivity contribution is 7.13. The van der Waals surface area contributed by atoms with E-state index in [0.717, 1.165) is 56.5 Å². The molecule has 1 aromatic carbocycles. The zero-order chi connectivity index (χ0) is 22.9. The van der Waals surface area contributed by atoms with E-state index < -0.39 is 5.82 Å². The maximum atomic E-state index is 15.0. The normalized spacial score (nSPS) is 16.8. The van der Waals surface area contributed by atoms with Crippen LogP contribution in [-0.2, 0) is 6.42 Å². The molecule has 0 atom stereocenters. The van der Waals surface area contributed by atoms with Crippen molar-refractivity contribution in [2.45, 2.75) is 51.5 Å². The van der Waals surface area contributed by atoms with Gasteiger partial charge in [0.2, 0.25) is 5.95 Å². The average Bonchev–Trinajstić information content (AvgIpc) is 3.29. The first-order valence-corrected chi connectivity index (χ1v) is 12.4. The van der Waals surface area contributed by atoms with Gasteiger partial charge in [-0.3, -0.25) is 0 Å². The van der Waals surface area contributed by atoms with Gasteiger partial charge in [-0.05, 0) is 64.8 Å². The summed E-state index contributed by atoms with van der Waals surface area (Å²) in [4.78, 5) is 15.3. The summed E-state index contributed by atoms with van der Waals surface area (Å²) in [5, 5.41) is 9.20. The zero-order valence-electron chi connectivity index (χ0n) is 18.9. The zero-order valence-corrected chi connectivity index (χ0v) is 19.7. The Hall–Kier alpha value is -2.65. The molecule has 33 heavy (non-hydrogen) atoms. The smallest absolute Gasteiger partial charge is 0.229 e. The van der Waals surface area contributed by atoms with E-state index in [1.54, 1.807) is 0 Å². The Labute approximate surface area is 196 Å². The topological polar surface area (TPSA) is 66.0 Å². The van der Waals surface area contributed by atoms with Crippen molar-refractivity contribution in [3.63, 3.8) is 0 Å². The van der Waals surface area contributed by atoms with E-state index >= 15 is 0 Å². The molecule has 9 heteroatoms. The van der Waals surface area contributed by atoms with E-state index in [-0.39, 0.29) is 23.5 Å². The fourth-order valence-corrected chi connectivity index (χ4v) is 5.51. The van der Waals surface area contributed by atoms with Crippen LogP contribution in [0.1, 0.15) is 50.3 Å². The lowest BCUT2D eigenvalue weighted by atomic mass is 9.96. The molecule has 0 spiro atoms. The second-order valence-electron chi connectivity index (χ2n) is 8.96. The fourth-order valence-electron chi connectivity index (χ4n) is 4.72. The molecule has 2 aromatic heterocycles. The van der Waals surface area contributed by atoms with Crippen LogP contribution < -0.4 is 15.5 Å². The van der Waals surface area contributed by atoms with Crippen molar-refractivity contribution < 1.29 is 8.78 Å². The highest BCUT2D eigenvalue weighted by atomic mass is 32.1. The van der Waals surface area contributed by atoms with Gasteiger partial charge in [0.1, 0.15) is 11.5 Å². The van der Waals surface area contributed by atoms with Gasteiger partial charge in [0, 0.05) is 40.7 Å². The number of thiazole rings is 1. The van der Waals surface area contributed by atoms with Gasteiger partial charge in [0.05, 0.1) is 11.9 Å². The minimum Gasteiger partial charge on any atom is -0.369 e. The second kappa shape index (κ2) is 9.30. The summed E-state index contributed by atoms with van der Waals surface area (Å²) in [6.07, 6.45) is 4.86. The van der Waals surface area contributed by atoms with E-state index in [1.165, 1.54) is 17.4 Å². The van der Waals surface area contributed by atoms with Gasteiger partial charge in [0.15, 0.2) is 10.9 Å². The number of anilines is 3. The Morgan fingerprint density at radius 3 is 2.76 bits per heavy atom. The number of hydrogen-bond acceptors (Lipinski definition) is 7. The van der Waals surface area contributed by atoms with Crippen LogP contribution in [0.4, 0.5) is 25.5 Å². The fraction of sp³-hybridized carbons (Fsp3) is 0.458. The molecule has 0 amide bonds. The van der Waals surface area contributed by atoms with Crippen LogP contribution in [0.2, 0.25) is 0 Å². The maximum absolute atomic E-state index is 15.0. The van der Waals surface area contributed by atoms with Gasteiger partial charge in [0.25, 0.3) is 0 Å². The predicted octanol–water partition coefficient (Wildman–Crippen LogP) is 5.25. The van der Waals surface area contributed by atoms with Crippen LogP contribution in [0.15, 0.2) is 23.7 Å². The van der Waals surface area contributed by atoms with Gasteiger partial charge in [-0.15, -0.1) is 11.3 Å². The first-order valence-electron chi connectivity index (χ1n) is 11.5. The predicted molar refractivity (Wildman–Crippen MR) is 128 cm³/mol. The van der Waals surface area contributed by atoms with E-state index in [1.807, 2.05) is 6.07 Å². The molecule has 0 aliphatic carbocycles. The molecule has 2 N–H and O–H groups in total. The van der Waals surface area contributed by atoms with Crippen molar-refractivity contribution in [3.05, 3.63) is 46.6 Å². The summed E-state index contributed by atoms with van der Waals surface area (Å²) < 4.78 is 29.7. The highest BCUT2D eigenvalue weighted by Gasteiger charge is 2.24. The van der Waals surface area contributed by atoms with E-state index in [2.05, 4.69) is 44.7 Å². The Morgan fingerprint density at radius 2 is 1.97 bits per heavy atom. The summed E-state index contributed by atoms with van der Waals surface area (Å²) in [6.45, 7) is 7.02. The lowest BCUT2D eigenvalue weighted by Gasteiger charge is -2.35. The molecule has 0 radical (unpaired) electrons. The number of hydrogen-bond donors (Lipinski definition) is 2. The molecule has 0 unspecified atom stereocenters. The maximum Gasteiger partial charge on any atom is 0.229 e. The van der Waals surface area contributed by atoms with Crippen molar-refractivity contribution in [2.75, 3.05) is 29.9 Å². The van der Waals surface area contributed by atoms with Crippen LogP contribution in [0.5, 0.6) is 0 Å². The molecule has 3 aromatic rings. The molecule has 4 heterocycles. The van der Waals surface area contributed by atoms with Crippen LogP contribution in [0.3, 0.4) is 0 Å². The van der Waals surface area contributed by atoms with Crippen LogP contribution >= 0.6 is 11.3 Å². The minimum atomic E-state index is -0.582. The third-order valence-corrected chi connectivity index (χ3v) is 7.22. The lowest BCUT2D eigenvalue weighted by molar-refractivity contribution is 0.455. The van der Waals surface area contributed by atoms with Gasteiger partial charge in [-0.1, -0.05) is 0 Å². The number of rotatable bonds is 5. The number of halogens is 2. The van der Waals surface area contributed by atoms with Crippen molar-refractivity contribution in [1.82, 2.24) is 20.3 Å². The lowest BCUT2D eigenvalue weighted by Crippen LogP contribution is -2.35. The number of aromatic nitrogens is 3. The number of benzene rings is 1. The molecule has 6 nitrogen and oxygen atoms in total. The third-order valence-electron chi connectivity index (χ3n) is 6.45. The molecule has 2 aliphatic heterocycles. The van der Waals surface area contributed by atoms with E-state index in [4.69, 9.17) is 4.98 Å². The first-order chi connectivity index (χ1) is 16.0. The Kier molecular flexibility index (Phi) is 6.25. The Balaban J connectivity index is 1.43. The molecule has 1 fully saturated rings. The molecule has 5 rings (SSSR count). The van der Waals surface area contributed by atoms with Gasteiger partial charge >= 0.3 is 0 Å². The summed E-state index contributed by atoms with van der Waals surface area (Å²) in [5.74, 6) is -0.199. The van der Waals surface area contributed by atoms with Crippen molar-refractivity contribution in [1.29, 1.82) is 0 Å². The summed E-state index contributed by atoms with van der Waals surface area (Å²) in [6, 6.07) is 3.46. The van der Waals surface area contributed by atoms with Crippen LogP contribution in [0, 0.1) is 11.6 Å². The second-order valence-corrected chi connectivity index (χ2v) is 9.82. The molecule has 174 valence electrons. The number of nitrogens with zero attached hydrogens (tertiary/aromatic N) is 4. The molecular formula is C24H28F2N6S. The van der Waals surface area contributed by atoms with Crippen molar-refractivity contribution in [2.24, 2.45) is 0 Å². The highest BCUT2D eigenvalue weighted by Crippen LogP contribution is 2.36. The SMILES string of the molecule is CC(C)N1CCCc2c(F)cc(-c3nc(Nc4nc(C5CCNCC5)cs4)ncc3F)cc21. The standard InChI is InChI=1S/C24H28F2N6S/c1-14(2)32-9-3-4-17-18(25)10-16(11-21(17)32)22-19(26)12-28-23(30-22)31-24-29-20(13-33-24)15-5-7-27-8-6-15/h10-15,27H,3-9H2,1-2H3,(H,28,29,30,31). The summed E-state index contributed by atoms with van der Waals surface area (Å²) in [5.41, 5.74) is 3.08. The molecular weight excluding hydrogens is 442 g/mol. The van der Waals surface area contributed by atoms with Gasteiger partial charge in [-0.2, -0.15) is 0 Å². The van der Waals surface area contributed by atoms with Gasteiger partial charge < -0.3 is 15.5 Å². The largest absolute Gasteiger partial charge is 0.369 e. The summed E-state index contributed by atoms with van der Waals surface area (Å²) in [7, 11) is 0. The monoisotopic (exact) mass is 470 g/mol. The molecule has 2 aliphatic rings. The molecule has 0 saturated carbocycles. The third kappa shape index (κ3) is 4.56. The van der Waals surface area contributed by atoms with Crippen molar-refractivity contribution >= 4 is 28.1 Å². The van der Waals surface area contributed by atoms with E-state index in [0.29, 0.717) is 28.6 Å². The summed E-state index contributed by atoms with van der Waals surface area (Å²) >= 11 is 1.49. The first kappa shape index (κ1) is 22.2. The Bertz CT molecular complexity index is 1140. The van der Waals surface area contributed by atoms with E-state index in [9.17, 15) is 8.78 Å². The Morgan fingerprint density at radius 1 is 1.15 bits per heavy atom. The average molecular weight is 471 g/mol. The molecule has 1 saturated heterocycles. The van der Waals surface area contributed by atoms with Crippen molar-refractivity contribution in [3.8, 4) is 11.3 Å². The van der Waals surface area contributed by atoms with Gasteiger partial charge in [-0.25, -0.2) is 23.7 Å². The number of fused-ring (bicyclic) bond motifs is 1. The number of nitrogens with one attached hydrogen (secondary N) is 2. The quantitative estimate of drug-likeness (QED) is 0.531. The molecule has 0 bridgehead atoms. The number of piperidine rings is 1.